The van der Waals surface area contributed by atoms with Gasteiger partial charge in [-0.25, -0.2) is 13.7 Å². The Morgan fingerprint density at radius 1 is 1.06 bits per heavy atom. The lowest BCUT2D eigenvalue weighted by molar-refractivity contribution is 0.0544. The number of hydrogen-bond acceptors (Lipinski definition) is 3. The monoisotopic (exact) mass is 454 g/mol. The molecule has 6 heteroatoms. The predicted octanol–water partition coefficient (Wildman–Crippen LogP) is 6.36. The number of fused-ring (bicyclic) bond motifs is 1. The third kappa shape index (κ3) is 5.13. The predicted molar refractivity (Wildman–Crippen MR) is 131 cm³/mol. The maximum atomic E-state index is 13.5. The first kappa shape index (κ1) is 24.2. The smallest absolute Gasteiger partial charge is 0.419 e. The maximum Gasteiger partial charge on any atom is 0.419 e. The van der Waals surface area contributed by atoms with Gasteiger partial charge in [0.2, 0.25) is 0 Å². The summed E-state index contributed by atoms with van der Waals surface area (Å²) < 4.78 is 24.0. The second-order valence-electron chi connectivity index (χ2n) is 9.79. The SMILES string of the molecule is Cc1cc(C)c([S@](=O)N[C@H](c2cn(C(=O)OC(C)(C)C)c3ccccc23)C(C)C)c(C)c1. The molecule has 0 saturated carbocycles. The molecule has 0 aliphatic rings. The molecule has 1 N–H and O–H groups in total. The highest BCUT2D eigenvalue weighted by atomic mass is 32.2. The molecule has 0 radical (unpaired) electrons. The lowest BCUT2D eigenvalue weighted by atomic mass is 9.97. The van der Waals surface area contributed by atoms with Gasteiger partial charge in [0.1, 0.15) is 16.6 Å². The number of benzene rings is 2. The molecule has 1 aromatic heterocycles. The van der Waals surface area contributed by atoms with Crippen molar-refractivity contribution in [2.24, 2.45) is 5.92 Å². The van der Waals surface area contributed by atoms with E-state index in [1.807, 2.05) is 72.0 Å². The molecule has 2 aromatic carbocycles. The summed E-state index contributed by atoms with van der Waals surface area (Å²) in [6, 6.07) is 11.7. The standard InChI is InChI=1S/C26H34N2O3S/c1-16(2)23(27-32(30)24-18(4)13-17(3)14-19(24)5)21-15-28(25(29)31-26(6,7)8)22-12-10-9-11-20(21)22/h9-16,23,27H,1-8H3/t23-,32-/m0/s1. The van der Waals surface area contributed by atoms with E-state index in [9.17, 15) is 9.00 Å². The average molecular weight is 455 g/mol. The van der Waals surface area contributed by atoms with Crippen LogP contribution in [0.25, 0.3) is 10.9 Å². The van der Waals surface area contributed by atoms with Crippen molar-refractivity contribution in [1.29, 1.82) is 0 Å². The van der Waals surface area contributed by atoms with Crippen LogP contribution in [0.1, 0.15) is 62.9 Å². The van der Waals surface area contributed by atoms with Gasteiger partial charge in [0.15, 0.2) is 0 Å². The number of nitrogens with zero attached hydrogens (tertiary/aromatic N) is 1. The van der Waals surface area contributed by atoms with Crippen molar-refractivity contribution in [3.8, 4) is 0 Å². The Labute approximate surface area is 193 Å². The van der Waals surface area contributed by atoms with Crippen molar-refractivity contribution in [3.63, 3.8) is 0 Å². The van der Waals surface area contributed by atoms with Crippen molar-refractivity contribution in [2.75, 3.05) is 0 Å². The van der Waals surface area contributed by atoms with E-state index in [1.54, 1.807) is 4.57 Å². The van der Waals surface area contributed by atoms with Crippen LogP contribution in [0.5, 0.6) is 0 Å². The van der Waals surface area contributed by atoms with Crippen LogP contribution < -0.4 is 4.72 Å². The third-order valence-corrected chi connectivity index (χ3v) is 6.84. The Hall–Kier alpha value is -2.44. The zero-order chi connectivity index (χ0) is 23.8. The average Bonchev–Trinajstić information content (AvgIpc) is 3.03. The molecule has 0 aliphatic heterocycles. The van der Waals surface area contributed by atoms with Crippen LogP contribution in [0, 0.1) is 26.7 Å². The Morgan fingerprint density at radius 3 is 2.22 bits per heavy atom. The molecule has 0 fully saturated rings. The minimum absolute atomic E-state index is 0.142. The van der Waals surface area contributed by atoms with Crippen molar-refractivity contribution in [3.05, 3.63) is 64.8 Å². The minimum Gasteiger partial charge on any atom is -0.443 e. The van der Waals surface area contributed by atoms with Gasteiger partial charge in [-0.3, -0.25) is 4.57 Å². The quantitative estimate of drug-likeness (QED) is 0.488. The fraction of sp³-hybridized carbons (Fsp3) is 0.423. The van der Waals surface area contributed by atoms with Crippen LogP contribution in [0.3, 0.4) is 0 Å². The number of aromatic nitrogens is 1. The number of nitrogens with one attached hydrogen (secondary N) is 1. The van der Waals surface area contributed by atoms with Gasteiger partial charge in [0.05, 0.1) is 10.4 Å². The Bertz CT molecular complexity index is 1150. The van der Waals surface area contributed by atoms with Gasteiger partial charge in [-0.2, -0.15) is 0 Å². The van der Waals surface area contributed by atoms with Crippen LogP contribution in [-0.4, -0.2) is 20.5 Å². The highest BCUT2D eigenvalue weighted by Crippen LogP contribution is 2.33. The van der Waals surface area contributed by atoms with Crippen molar-refractivity contribution < 1.29 is 13.7 Å². The van der Waals surface area contributed by atoms with Crippen LogP contribution in [0.2, 0.25) is 0 Å². The van der Waals surface area contributed by atoms with E-state index >= 15 is 0 Å². The highest BCUT2D eigenvalue weighted by molar-refractivity contribution is 7.83. The van der Waals surface area contributed by atoms with Crippen molar-refractivity contribution in [1.82, 2.24) is 9.29 Å². The van der Waals surface area contributed by atoms with Gasteiger partial charge in [-0.05, 0) is 70.2 Å². The number of carbonyl (C=O) groups is 1. The summed E-state index contributed by atoms with van der Waals surface area (Å²) in [5.41, 5.74) is 4.27. The van der Waals surface area contributed by atoms with E-state index in [2.05, 4.69) is 30.7 Å². The minimum atomic E-state index is -1.40. The van der Waals surface area contributed by atoms with E-state index in [1.165, 1.54) is 0 Å². The summed E-state index contributed by atoms with van der Waals surface area (Å²) in [4.78, 5) is 13.7. The van der Waals surface area contributed by atoms with E-state index < -0.39 is 22.7 Å². The van der Waals surface area contributed by atoms with Gasteiger partial charge < -0.3 is 4.74 Å². The first-order valence-corrected chi connectivity index (χ1v) is 12.1. The number of aryl methyl sites for hydroxylation is 3. The lowest BCUT2D eigenvalue weighted by Crippen LogP contribution is -2.29. The molecule has 0 saturated heterocycles. The molecule has 3 rings (SSSR count). The molecule has 0 unspecified atom stereocenters. The summed E-state index contributed by atoms with van der Waals surface area (Å²) in [6.45, 7) is 15.8. The molecule has 172 valence electrons. The second kappa shape index (κ2) is 9.20. The number of rotatable bonds is 5. The molecule has 32 heavy (non-hydrogen) atoms. The zero-order valence-corrected chi connectivity index (χ0v) is 21.1. The van der Waals surface area contributed by atoms with Crippen LogP contribution in [-0.2, 0) is 15.7 Å². The van der Waals surface area contributed by atoms with Gasteiger partial charge in [0.25, 0.3) is 0 Å². The van der Waals surface area contributed by atoms with E-state index in [4.69, 9.17) is 4.74 Å². The summed E-state index contributed by atoms with van der Waals surface area (Å²) in [5.74, 6) is 0.142. The molecule has 2 atom stereocenters. The van der Waals surface area contributed by atoms with E-state index in [0.29, 0.717) is 0 Å². The van der Waals surface area contributed by atoms with Crippen LogP contribution >= 0.6 is 0 Å². The second-order valence-corrected chi connectivity index (χ2v) is 11.0. The summed E-state index contributed by atoms with van der Waals surface area (Å²) >= 11 is 0. The van der Waals surface area contributed by atoms with Gasteiger partial charge in [0, 0.05) is 17.6 Å². The van der Waals surface area contributed by atoms with Gasteiger partial charge >= 0.3 is 6.09 Å². The maximum absolute atomic E-state index is 13.5. The zero-order valence-electron chi connectivity index (χ0n) is 20.3. The molecule has 1 heterocycles. The Morgan fingerprint density at radius 2 is 1.66 bits per heavy atom. The molecule has 0 spiro atoms. The first-order chi connectivity index (χ1) is 14.9. The molecule has 0 amide bonds. The molecular formula is C26H34N2O3S. The van der Waals surface area contributed by atoms with Crippen molar-refractivity contribution >= 4 is 28.0 Å². The van der Waals surface area contributed by atoms with E-state index in [-0.39, 0.29) is 12.0 Å². The largest absolute Gasteiger partial charge is 0.443 e. The van der Waals surface area contributed by atoms with Crippen LogP contribution in [0.4, 0.5) is 4.79 Å². The summed E-state index contributed by atoms with van der Waals surface area (Å²) in [5, 5.41) is 0.943. The van der Waals surface area contributed by atoms with Gasteiger partial charge in [-0.1, -0.05) is 49.7 Å². The highest BCUT2D eigenvalue weighted by Gasteiger charge is 2.27. The molecular weight excluding hydrogens is 420 g/mol. The topological polar surface area (TPSA) is 60.3 Å². The lowest BCUT2D eigenvalue weighted by Gasteiger charge is -2.23. The van der Waals surface area contributed by atoms with Crippen LogP contribution in [0.15, 0.2) is 47.5 Å². The summed E-state index contributed by atoms with van der Waals surface area (Å²) in [6.07, 6.45) is 1.40. The fourth-order valence-corrected chi connectivity index (χ4v) is 5.56. The third-order valence-electron chi connectivity index (χ3n) is 5.36. The normalized spacial score (nSPS) is 14.0. The Kier molecular flexibility index (Phi) is 6.96. The fourth-order valence-electron chi connectivity index (χ4n) is 4.11. The summed E-state index contributed by atoms with van der Waals surface area (Å²) in [7, 11) is -1.40. The van der Waals surface area contributed by atoms with Gasteiger partial charge in [-0.15, -0.1) is 0 Å². The number of hydrogen-bond donors (Lipinski definition) is 1. The molecule has 5 nitrogen and oxygen atoms in total. The molecule has 0 bridgehead atoms. The number of ether oxygens (including phenoxy) is 1. The number of carbonyl (C=O) groups excluding carboxylic acids is 1. The van der Waals surface area contributed by atoms with E-state index in [0.717, 1.165) is 38.1 Å². The number of para-hydroxylation sites is 1. The molecule has 3 aromatic rings. The molecule has 0 aliphatic carbocycles. The van der Waals surface area contributed by atoms with Crippen molar-refractivity contribution in [2.45, 2.75) is 71.9 Å². The Balaban J connectivity index is 2.05. The first-order valence-electron chi connectivity index (χ1n) is 11.0.